The summed E-state index contributed by atoms with van der Waals surface area (Å²) in [5, 5.41) is 9.18. The fraction of sp³-hybridized carbons (Fsp3) is 0.125. The van der Waals surface area contributed by atoms with Gasteiger partial charge in [0, 0.05) is 18.1 Å². The number of nitrogens with one attached hydrogen (secondary N) is 2. The Morgan fingerprint density at radius 3 is 2.52 bits per heavy atom. The molecule has 2 aromatic heterocycles. The first-order valence-electron chi connectivity index (χ1n) is 7.69. The molecule has 0 radical (unpaired) electrons. The van der Waals surface area contributed by atoms with E-state index in [4.69, 9.17) is 23.2 Å². The van der Waals surface area contributed by atoms with E-state index >= 15 is 0 Å². The molecule has 0 bridgehead atoms. The topological polar surface area (TPSA) is 93.1 Å². The highest BCUT2D eigenvalue weighted by atomic mass is 35.5. The summed E-state index contributed by atoms with van der Waals surface area (Å²) in [5.74, 6) is 0. The molecule has 2 N–H and O–H groups in total. The average Bonchev–Trinajstić information content (AvgIpc) is 3.19. The standard InChI is InChI=1S/C16H14Cl2N4O3S2/c17-11-3-5-12(6-4-11)22-16(23)15(18)13(10-20-22)19-7-8-21-27(24,25)14-2-1-9-26-14/h1-6,9-10,19,21H,7-8H2. The lowest BCUT2D eigenvalue weighted by Gasteiger charge is -2.11. The van der Waals surface area contributed by atoms with Gasteiger partial charge in [-0.1, -0.05) is 29.3 Å². The summed E-state index contributed by atoms with van der Waals surface area (Å²) in [6.07, 6.45) is 1.41. The van der Waals surface area contributed by atoms with Crippen LogP contribution in [0.15, 0.2) is 57.0 Å². The third-order valence-corrected chi connectivity index (χ3v) is 6.96. The Kier molecular flexibility index (Phi) is 6.18. The molecule has 0 aliphatic carbocycles. The second-order valence-electron chi connectivity index (χ2n) is 5.32. The molecule has 7 nitrogen and oxygen atoms in total. The minimum Gasteiger partial charge on any atom is -0.381 e. The molecule has 0 amide bonds. The number of thiophene rings is 1. The quantitative estimate of drug-likeness (QED) is 0.546. The van der Waals surface area contributed by atoms with Crippen LogP contribution in [0.1, 0.15) is 0 Å². The monoisotopic (exact) mass is 444 g/mol. The molecule has 2 heterocycles. The fourth-order valence-electron chi connectivity index (χ4n) is 2.19. The van der Waals surface area contributed by atoms with Crippen LogP contribution in [0.5, 0.6) is 0 Å². The van der Waals surface area contributed by atoms with E-state index in [1.54, 1.807) is 35.7 Å². The Balaban J connectivity index is 1.65. The molecule has 0 atom stereocenters. The lowest BCUT2D eigenvalue weighted by Crippen LogP contribution is -2.29. The zero-order chi connectivity index (χ0) is 19.4. The highest BCUT2D eigenvalue weighted by molar-refractivity contribution is 7.91. The maximum atomic E-state index is 12.4. The van der Waals surface area contributed by atoms with Crippen LogP contribution in [-0.2, 0) is 10.0 Å². The molecule has 0 saturated heterocycles. The van der Waals surface area contributed by atoms with Gasteiger partial charge in [0.25, 0.3) is 5.56 Å². The van der Waals surface area contributed by atoms with Gasteiger partial charge in [-0.05, 0) is 35.7 Å². The summed E-state index contributed by atoms with van der Waals surface area (Å²) in [6.45, 7) is 0.354. The van der Waals surface area contributed by atoms with Crippen molar-refractivity contribution in [3.05, 3.63) is 68.4 Å². The molecule has 27 heavy (non-hydrogen) atoms. The SMILES string of the molecule is O=c1c(Cl)c(NCCNS(=O)(=O)c2cccs2)cnn1-c1ccc(Cl)cc1. The summed E-state index contributed by atoms with van der Waals surface area (Å²) in [4.78, 5) is 12.4. The van der Waals surface area contributed by atoms with Crippen molar-refractivity contribution < 1.29 is 8.42 Å². The van der Waals surface area contributed by atoms with E-state index in [1.807, 2.05) is 0 Å². The lowest BCUT2D eigenvalue weighted by molar-refractivity contribution is 0.585. The van der Waals surface area contributed by atoms with Gasteiger partial charge >= 0.3 is 0 Å². The van der Waals surface area contributed by atoms with Gasteiger partial charge in [0.1, 0.15) is 9.23 Å². The van der Waals surface area contributed by atoms with Crippen molar-refractivity contribution in [2.45, 2.75) is 4.21 Å². The van der Waals surface area contributed by atoms with Gasteiger partial charge in [-0.2, -0.15) is 9.78 Å². The van der Waals surface area contributed by atoms with Crippen molar-refractivity contribution in [3.8, 4) is 5.69 Å². The second kappa shape index (κ2) is 8.41. The van der Waals surface area contributed by atoms with Crippen molar-refractivity contribution in [2.24, 2.45) is 0 Å². The molecule has 0 aliphatic rings. The molecular weight excluding hydrogens is 431 g/mol. The van der Waals surface area contributed by atoms with Crippen LogP contribution < -0.4 is 15.6 Å². The molecule has 0 aliphatic heterocycles. The van der Waals surface area contributed by atoms with Gasteiger partial charge in [-0.25, -0.2) is 13.1 Å². The Hall–Kier alpha value is -1.91. The molecule has 3 rings (SSSR count). The molecule has 0 unspecified atom stereocenters. The molecule has 142 valence electrons. The Labute approximate surface area is 169 Å². The summed E-state index contributed by atoms with van der Waals surface area (Å²) < 4.78 is 27.9. The molecule has 0 saturated carbocycles. The summed E-state index contributed by atoms with van der Waals surface area (Å²) >= 11 is 13.1. The van der Waals surface area contributed by atoms with E-state index in [0.717, 1.165) is 16.0 Å². The van der Waals surface area contributed by atoms with Gasteiger partial charge < -0.3 is 5.32 Å². The number of nitrogens with zero attached hydrogens (tertiary/aromatic N) is 2. The fourth-order valence-corrected chi connectivity index (χ4v) is 4.58. The number of rotatable bonds is 7. The number of hydrogen-bond acceptors (Lipinski definition) is 6. The van der Waals surface area contributed by atoms with Crippen molar-refractivity contribution in [3.63, 3.8) is 0 Å². The first-order valence-corrected chi connectivity index (χ1v) is 10.8. The van der Waals surface area contributed by atoms with Crippen LogP contribution in [0.25, 0.3) is 5.69 Å². The van der Waals surface area contributed by atoms with Crippen LogP contribution >= 0.6 is 34.5 Å². The molecule has 3 aromatic rings. The minimum absolute atomic E-state index is 0.0407. The van der Waals surface area contributed by atoms with Gasteiger partial charge in [-0.3, -0.25) is 4.79 Å². The van der Waals surface area contributed by atoms with E-state index in [2.05, 4.69) is 15.1 Å². The zero-order valence-corrected chi connectivity index (χ0v) is 16.9. The highest BCUT2D eigenvalue weighted by Crippen LogP contribution is 2.18. The molecular formula is C16H14Cl2N4O3S2. The normalized spacial score (nSPS) is 11.5. The van der Waals surface area contributed by atoms with Gasteiger partial charge in [0.15, 0.2) is 0 Å². The Morgan fingerprint density at radius 1 is 1.11 bits per heavy atom. The second-order valence-corrected chi connectivity index (χ2v) is 9.08. The number of hydrogen-bond donors (Lipinski definition) is 2. The Bertz CT molecular complexity index is 1080. The number of aromatic nitrogens is 2. The van der Waals surface area contributed by atoms with Crippen molar-refractivity contribution >= 4 is 50.2 Å². The first kappa shape index (κ1) is 19.8. The predicted molar refractivity (Wildman–Crippen MR) is 108 cm³/mol. The maximum Gasteiger partial charge on any atom is 0.292 e. The third-order valence-electron chi connectivity index (χ3n) is 3.48. The highest BCUT2D eigenvalue weighted by Gasteiger charge is 2.14. The minimum atomic E-state index is -3.53. The van der Waals surface area contributed by atoms with Crippen LogP contribution in [-0.4, -0.2) is 31.3 Å². The molecule has 0 fully saturated rings. The van der Waals surface area contributed by atoms with Crippen LogP contribution in [0.2, 0.25) is 10.0 Å². The third kappa shape index (κ3) is 4.69. The number of halogens is 2. The van der Waals surface area contributed by atoms with Crippen molar-refractivity contribution in [1.82, 2.24) is 14.5 Å². The van der Waals surface area contributed by atoms with E-state index in [1.165, 1.54) is 12.3 Å². The number of benzene rings is 1. The number of sulfonamides is 1. The van der Waals surface area contributed by atoms with Crippen molar-refractivity contribution in [2.75, 3.05) is 18.4 Å². The zero-order valence-electron chi connectivity index (χ0n) is 13.7. The van der Waals surface area contributed by atoms with Gasteiger partial charge in [-0.15, -0.1) is 11.3 Å². The van der Waals surface area contributed by atoms with Crippen LogP contribution in [0, 0.1) is 0 Å². The van der Waals surface area contributed by atoms with E-state index < -0.39 is 15.6 Å². The largest absolute Gasteiger partial charge is 0.381 e. The smallest absolute Gasteiger partial charge is 0.292 e. The van der Waals surface area contributed by atoms with Gasteiger partial charge in [0.05, 0.1) is 17.6 Å². The van der Waals surface area contributed by atoms with E-state index in [9.17, 15) is 13.2 Å². The molecule has 0 spiro atoms. The number of anilines is 1. The van der Waals surface area contributed by atoms with E-state index in [0.29, 0.717) is 16.4 Å². The summed E-state index contributed by atoms with van der Waals surface area (Å²) in [7, 11) is -3.53. The van der Waals surface area contributed by atoms with Crippen LogP contribution in [0.3, 0.4) is 0 Å². The first-order chi connectivity index (χ1) is 12.9. The summed E-state index contributed by atoms with van der Waals surface area (Å²) in [5.41, 5.74) is 0.354. The van der Waals surface area contributed by atoms with Crippen LogP contribution in [0.4, 0.5) is 5.69 Å². The van der Waals surface area contributed by atoms with Gasteiger partial charge in [0.2, 0.25) is 10.0 Å². The molecule has 11 heteroatoms. The summed E-state index contributed by atoms with van der Waals surface area (Å²) in [6, 6.07) is 9.78. The van der Waals surface area contributed by atoms with E-state index in [-0.39, 0.29) is 22.3 Å². The Morgan fingerprint density at radius 2 is 1.85 bits per heavy atom. The maximum absolute atomic E-state index is 12.4. The van der Waals surface area contributed by atoms with Crippen molar-refractivity contribution in [1.29, 1.82) is 0 Å². The predicted octanol–water partition coefficient (Wildman–Crippen LogP) is 2.99. The molecule has 1 aromatic carbocycles. The average molecular weight is 445 g/mol. The lowest BCUT2D eigenvalue weighted by atomic mass is 10.3.